The molecule has 0 bridgehead atoms. The third-order valence-corrected chi connectivity index (χ3v) is 3.11. The lowest BCUT2D eigenvalue weighted by Gasteiger charge is -2.18. The third kappa shape index (κ3) is 2.01. The van der Waals surface area contributed by atoms with Gasteiger partial charge in [-0.2, -0.15) is 0 Å². The average Bonchev–Trinajstić information content (AvgIpc) is 2.87. The van der Waals surface area contributed by atoms with Gasteiger partial charge in [0.2, 0.25) is 0 Å². The first-order valence-corrected chi connectivity index (χ1v) is 5.80. The molecular weight excluding hydrogens is 224 g/mol. The Morgan fingerprint density at radius 2 is 2.19 bits per heavy atom. The molecule has 0 aliphatic carbocycles. The van der Waals surface area contributed by atoms with Crippen LogP contribution in [0.4, 0.5) is 0 Å². The van der Waals surface area contributed by atoms with E-state index < -0.39 is 6.10 Å². The predicted molar refractivity (Wildman–Crippen MR) is 61.4 cm³/mol. The maximum Gasteiger partial charge on any atom is 0.120 e. The average molecular weight is 238 g/mol. The molecule has 0 saturated carbocycles. The van der Waals surface area contributed by atoms with Crippen molar-refractivity contribution in [1.29, 1.82) is 0 Å². The molecule has 4 nitrogen and oxygen atoms in total. The minimum atomic E-state index is -0.701. The summed E-state index contributed by atoms with van der Waals surface area (Å²) in [5.74, 6) is 0. The molecule has 0 radical (unpaired) electrons. The molecular formula is C11H14N2O2S. The minimum Gasteiger partial charge on any atom is -0.472 e. The predicted octanol–water partition coefficient (Wildman–Crippen LogP) is 2.51. The Morgan fingerprint density at radius 1 is 1.44 bits per heavy atom. The van der Waals surface area contributed by atoms with Gasteiger partial charge in [0, 0.05) is 11.0 Å². The molecule has 5 heteroatoms. The molecule has 86 valence electrons. The Hall–Kier alpha value is -1.20. The highest BCUT2D eigenvalue weighted by atomic mass is 32.1. The van der Waals surface area contributed by atoms with E-state index >= 15 is 0 Å². The summed E-state index contributed by atoms with van der Waals surface area (Å²) in [6, 6.07) is 1.75. The highest BCUT2D eigenvalue weighted by Gasteiger charge is 2.27. The molecule has 0 fully saturated rings. The summed E-state index contributed by atoms with van der Waals surface area (Å²) in [4.78, 5) is 0.786. The molecule has 2 heterocycles. The first kappa shape index (κ1) is 11.3. The number of hydrogen-bond donors (Lipinski definition) is 1. The quantitative estimate of drug-likeness (QED) is 0.873. The van der Waals surface area contributed by atoms with Gasteiger partial charge in [-0.15, -0.1) is 5.10 Å². The van der Waals surface area contributed by atoms with Crippen LogP contribution in [0.15, 0.2) is 23.0 Å². The smallest absolute Gasteiger partial charge is 0.120 e. The number of furan rings is 1. The second-order valence-electron chi connectivity index (χ2n) is 4.70. The molecule has 0 spiro atoms. The highest BCUT2D eigenvalue weighted by Crippen LogP contribution is 2.33. The van der Waals surface area contributed by atoms with Crippen molar-refractivity contribution in [3.05, 3.63) is 34.7 Å². The van der Waals surface area contributed by atoms with Crippen molar-refractivity contribution in [3.8, 4) is 0 Å². The zero-order chi connectivity index (χ0) is 11.8. The van der Waals surface area contributed by atoms with Crippen LogP contribution >= 0.6 is 11.5 Å². The van der Waals surface area contributed by atoms with Crippen LogP contribution in [0.3, 0.4) is 0 Å². The van der Waals surface area contributed by atoms with E-state index in [0.717, 1.165) is 16.1 Å². The van der Waals surface area contributed by atoms with E-state index in [1.165, 1.54) is 17.8 Å². The summed E-state index contributed by atoms with van der Waals surface area (Å²) in [5.41, 5.74) is 1.45. The maximum atomic E-state index is 10.2. The molecule has 2 aromatic rings. The lowest BCUT2D eigenvalue weighted by Crippen LogP contribution is -2.15. The Labute approximate surface area is 98.1 Å². The lowest BCUT2D eigenvalue weighted by molar-refractivity contribution is 0.220. The van der Waals surface area contributed by atoms with E-state index in [1.54, 1.807) is 12.3 Å². The topological polar surface area (TPSA) is 59.2 Å². The maximum absolute atomic E-state index is 10.2. The van der Waals surface area contributed by atoms with Crippen molar-refractivity contribution in [2.75, 3.05) is 0 Å². The fourth-order valence-electron chi connectivity index (χ4n) is 1.48. The second kappa shape index (κ2) is 3.99. The molecule has 0 aliphatic heterocycles. The van der Waals surface area contributed by atoms with Gasteiger partial charge in [-0.05, 0) is 17.6 Å². The van der Waals surface area contributed by atoms with E-state index in [9.17, 15) is 5.11 Å². The van der Waals surface area contributed by atoms with Gasteiger partial charge in [-0.25, -0.2) is 0 Å². The largest absolute Gasteiger partial charge is 0.472 e. The summed E-state index contributed by atoms with van der Waals surface area (Å²) in [7, 11) is 0. The summed E-state index contributed by atoms with van der Waals surface area (Å²) in [6.45, 7) is 6.15. The molecule has 0 aliphatic rings. The van der Waals surface area contributed by atoms with Crippen LogP contribution in [0.5, 0.6) is 0 Å². The van der Waals surface area contributed by atoms with Gasteiger partial charge in [0.25, 0.3) is 0 Å². The summed E-state index contributed by atoms with van der Waals surface area (Å²) in [6.07, 6.45) is 2.38. The third-order valence-electron chi connectivity index (χ3n) is 2.33. The van der Waals surface area contributed by atoms with Gasteiger partial charge in [-0.3, -0.25) is 0 Å². The standard InChI is InChI=1S/C11H14N2O2S/c1-11(2,3)10-9(16-13-12-10)8(14)7-4-5-15-6-7/h4-6,8,14H,1-3H3. The van der Waals surface area contributed by atoms with Crippen molar-refractivity contribution in [3.63, 3.8) is 0 Å². The number of nitrogens with zero attached hydrogens (tertiary/aromatic N) is 2. The van der Waals surface area contributed by atoms with Crippen molar-refractivity contribution >= 4 is 11.5 Å². The van der Waals surface area contributed by atoms with E-state index in [-0.39, 0.29) is 5.41 Å². The molecule has 0 saturated heterocycles. The van der Waals surface area contributed by atoms with E-state index in [0.29, 0.717) is 0 Å². The fourth-order valence-corrected chi connectivity index (χ4v) is 2.36. The summed E-state index contributed by atoms with van der Waals surface area (Å²) >= 11 is 1.23. The zero-order valence-corrected chi connectivity index (χ0v) is 10.3. The van der Waals surface area contributed by atoms with Gasteiger partial charge in [-0.1, -0.05) is 25.3 Å². The van der Waals surface area contributed by atoms with Crippen molar-refractivity contribution < 1.29 is 9.52 Å². The van der Waals surface area contributed by atoms with E-state index in [2.05, 4.69) is 30.4 Å². The highest BCUT2D eigenvalue weighted by molar-refractivity contribution is 7.05. The molecule has 1 N–H and O–H groups in total. The normalized spacial score (nSPS) is 14.0. The fraction of sp³-hybridized carbons (Fsp3) is 0.455. The first-order chi connectivity index (χ1) is 7.50. The van der Waals surface area contributed by atoms with E-state index in [1.807, 2.05) is 0 Å². The van der Waals surface area contributed by atoms with Gasteiger partial charge < -0.3 is 9.52 Å². The Kier molecular flexibility index (Phi) is 2.82. The Morgan fingerprint density at radius 3 is 2.75 bits per heavy atom. The molecule has 1 unspecified atom stereocenters. The lowest BCUT2D eigenvalue weighted by atomic mass is 9.90. The molecule has 2 rings (SSSR count). The molecule has 1 atom stereocenters. The molecule has 0 aromatic carbocycles. The van der Waals surface area contributed by atoms with Gasteiger partial charge in [0.15, 0.2) is 0 Å². The van der Waals surface area contributed by atoms with Crippen LogP contribution in [-0.2, 0) is 5.41 Å². The molecule has 2 aromatic heterocycles. The molecule has 0 amide bonds. The number of rotatable bonds is 2. The van der Waals surface area contributed by atoms with Crippen molar-refractivity contribution in [2.45, 2.75) is 32.3 Å². The van der Waals surface area contributed by atoms with Crippen molar-refractivity contribution in [1.82, 2.24) is 9.59 Å². The van der Waals surface area contributed by atoms with Gasteiger partial charge >= 0.3 is 0 Å². The summed E-state index contributed by atoms with van der Waals surface area (Å²) < 4.78 is 8.88. The SMILES string of the molecule is CC(C)(C)c1nnsc1C(O)c1ccoc1. The number of aliphatic hydroxyl groups is 1. The number of hydrogen-bond acceptors (Lipinski definition) is 5. The van der Waals surface area contributed by atoms with Crippen LogP contribution in [0.2, 0.25) is 0 Å². The Balaban J connectivity index is 2.38. The van der Waals surface area contributed by atoms with Crippen LogP contribution in [-0.4, -0.2) is 14.7 Å². The first-order valence-electron chi connectivity index (χ1n) is 5.03. The minimum absolute atomic E-state index is 0.118. The van der Waals surface area contributed by atoms with E-state index in [4.69, 9.17) is 4.42 Å². The van der Waals surface area contributed by atoms with Gasteiger partial charge in [0.1, 0.15) is 6.10 Å². The van der Waals surface area contributed by atoms with Crippen LogP contribution in [0.25, 0.3) is 0 Å². The monoisotopic (exact) mass is 238 g/mol. The number of aliphatic hydroxyl groups excluding tert-OH is 1. The zero-order valence-electron chi connectivity index (χ0n) is 9.47. The van der Waals surface area contributed by atoms with Crippen LogP contribution < -0.4 is 0 Å². The van der Waals surface area contributed by atoms with Crippen molar-refractivity contribution in [2.24, 2.45) is 0 Å². The van der Waals surface area contributed by atoms with Crippen LogP contribution in [0, 0.1) is 0 Å². The summed E-state index contributed by atoms with van der Waals surface area (Å²) in [5, 5.41) is 14.3. The molecule has 16 heavy (non-hydrogen) atoms. The second-order valence-corrected chi connectivity index (χ2v) is 5.48. The Bertz CT molecular complexity index is 457. The number of aromatic nitrogens is 2. The van der Waals surface area contributed by atoms with Gasteiger partial charge in [0.05, 0.1) is 23.1 Å². The van der Waals surface area contributed by atoms with Crippen LogP contribution in [0.1, 0.15) is 43.0 Å².